The molecule has 1 aromatic rings. The molecule has 0 atom stereocenters. The number of hydrogen-bond donors (Lipinski definition) is 3. The molecule has 0 fully saturated rings. The van der Waals surface area contributed by atoms with Crippen LogP contribution in [-0.2, 0) is 9.63 Å². The van der Waals surface area contributed by atoms with Crippen LogP contribution in [0.25, 0.3) is 6.08 Å². The monoisotopic (exact) mass is 220 g/mol. The smallest absolute Gasteiger partial charge is 0.358 e. The number of benzene rings is 1. The number of hydrogen-bond acceptors (Lipinski definition) is 4. The quantitative estimate of drug-likeness (QED) is 0.217. The second-order valence-electron chi connectivity index (χ2n) is 2.87. The summed E-state index contributed by atoms with van der Waals surface area (Å²) >= 11 is 0. The molecular formula is C10H12N4O2. The normalized spacial score (nSPS) is 10.1. The van der Waals surface area contributed by atoms with Crippen LogP contribution in [0.5, 0.6) is 0 Å². The number of rotatable bonds is 2. The van der Waals surface area contributed by atoms with Gasteiger partial charge in [-0.1, -0.05) is 30.3 Å². The molecule has 0 radical (unpaired) electrons. The van der Waals surface area contributed by atoms with Crippen LogP contribution in [0.4, 0.5) is 0 Å². The third-order valence-corrected chi connectivity index (χ3v) is 1.64. The lowest BCUT2D eigenvalue weighted by atomic mass is 10.2. The molecule has 0 aliphatic carbocycles. The van der Waals surface area contributed by atoms with Crippen molar-refractivity contribution in [2.75, 3.05) is 0 Å². The van der Waals surface area contributed by atoms with Crippen LogP contribution in [0.1, 0.15) is 5.56 Å². The summed E-state index contributed by atoms with van der Waals surface area (Å²) in [4.78, 5) is 15.6. The summed E-state index contributed by atoms with van der Waals surface area (Å²) in [5, 5.41) is 7.25. The fraction of sp³-hybridized carbons (Fsp3) is 0. The summed E-state index contributed by atoms with van der Waals surface area (Å²) in [6.07, 6.45) is 2.76. The van der Waals surface area contributed by atoms with Crippen molar-refractivity contribution in [2.45, 2.75) is 0 Å². The Morgan fingerprint density at radius 1 is 1.38 bits per heavy atom. The third kappa shape index (κ3) is 3.81. The number of carbonyl (C=O) groups is 1. The molecule has 0 aliphatic heterocycles. The molecule has 1 rings (SSSR count). The number of guanidine groups is 1. The molecule has 6 nitrogen and oxygen atoms in total. The molecule has 0 aromatic heterocycles. The van der Waals surface area contributed by atoms with Crippen molar-refractivity contribution < 1.29 is 9.63 Å². The van der Waals surface area contributed by atoms with Crippen LogP contribution < -0.4 is 11.6 Å². The fourth-order valence-corrected chi connectivity index (χ4v) is 0.905. The predicted molar refractivity (Wildman–Crippen MR) is 59.5 cm³/mol. The topological polar surface area (TPSA) is 105 Å². The van der Waals surface area contributed by atoms with Gasteiger partial charge in [-0.3, -0.25) is 5.41 Å². The van der Waals surface area contributed by atoms with E-state index in [4.69, 9.17) is 17.0 Å². The summed E-state index contributed by atoms with van der Waals surface area (Å²) in [6.45, 7) is 0. The Morgan fingerprint density at radius 3 is 2.56 bits per heavy atom. The first-order valence-electron chi connectivity index (χ1n) is 4.43. The summed E-state index contributed by atoms with van der Waals surface area (Å²) in [5.41, 5.74) is 5.83. The summed E-state index contributed by atoms with van der Waals surface area (Å²) in [7, 11) is 0. The zero-order chi connectivity index (χ0) is 12.0. The number of nitrogens with one attached hydrogen (secondary N) is 1. The molecule has 16 heavy (non-hydrogen) atoms. The van der Waals surface area contributed by atoms with Gasteiger partial charge in [0, 0.05) is 6.08 Å². The maximum atomic E-state index is 11.1. The first kappa shape index (κ1) is 11.7. The Morgan fingerprint density at radius 2 is 2.00 bits per heavy atom. The van der Waals surface area contributed by atoms with Gasteiger partial charge in [-0.05, 0) is 11.6 Å². The Labute approximate surface area is 92.5 Å². The Kier molecular flexibility index (Phi) is 4.05. The Balaban J connectivity index is 2.52. The molecule has 0 heterocycles. The first-order valence-corrected chi connectivity index (χ1v) is 4.43. The van der Waals surface area contributed by atoms with E-state index in [1.165, 1.54) is 6.08 Å². The van der Waals surface area contributed by atoms with Gasteiger partial charge in [0.15, 0.2) is 0 Å². The van der Waals surface area contributed by atoms with Gasteiger partial charge in [0.2, 0.25) is 5.96 Å². The van der Waals surface area contributed by atoms with Gasteiger partial charge in [-0.25, -0.2) is 10.6 Å². The minimum absolute atomic E-state index is 0.387. The highest BCUT2D eigenvalue weighted by molar-refractivity contribution is 5.88. The lowest BCUT2D eigenvalue weighted by molar-refractivity contribution is -0.167. The van der Waals surface area contributed by atoms with Crippen LogP contribution in [0.3, 0.4) is 0 Å². The molecule has 84 valence electrons. The summed E-state index contributed by atoms with van der Waals surface area (Å²) in [5.74, 6) is 3.83. The summed E-state index contributed by atoms with van der Waals surface area (Å²) in [6, 6.07) is 9.21. The van der Waals surface area contributed by atoms with Crippen LogP contribution in [0.15, 0.2) is 36.4 Å². The molecule has 0 saturated heterocycles. The van der Waals surface area contributed by atoms with E-state index in [-0.39, 0.29) is 0 Å². The van der Waals surface area contributed by atoms with Crippen LogP contribution in [-0.4, -0.2) is 17.1 Å². The molecular weight excluding hydrogens is 208 g/mol. The van der Waals surface area contributed by atoms with E-state index in [1.807, 2.05) is 30.3 Å². The average molecular weight is 220 g/mol. The molecule has 0 amide bonds. The van der Waals surface area contributed by atoms with Crippen LogP contribution >= 0.6 is 0 Å². The Bertz CT molecular complexity index is 403. The van der Waals surface area contributed by atoms with Crippen molar-refractivity contribution in [1.82, 2.24) is 5.17 Å². The molecule has 0 spiro atoms. The largest absolute Gasteiger partial charge is 0.366 e. The second kappa shape index (κ2) is 5.52. The molecule has 0 saturated carbocycles. The van der Waals surface area contributed by atoms with E-state index in [0.29, 0.717) is 5.17 Å². The molecule has 0 bridgehead atoms. The van der Waals surface area contributed by atoms with Gasteiger partial charge in [0.1, 0.15) is 0 Å². The van der Waals surface area contributed by atoms with Crippen LogP contribution in [0.2, 0.25) is 0 Å². The minimum Gasteiger partial charge on any atom is -0.366 e. The third-order valence-electron chi connectivity index (χ3n) is 1.64. The van der Waals surface area contributed by atoms with E-state index in [9.17, 15) is 4.79 Å². The van der Waals surface area contributed by atoms with E-state index < -0.39 is 11.9 Å². The highest BCUT2D eigenvalue weighted by atomic mass is 16.7. The van der Waals surface area contributed by atoms with Gasteiger partial charge in [-0.15, -0.1) is 5.17 Å². The predicted octanol–water partition coefficient (Wildman–Crippen LogP) is 0.227. The molecule has 0 aliphatic rings. The van der Waals surface area contributed by atoms with Crippen LogP contribution in [0, 0.1) is 5.41 Å². The highest BCUT2D eigenvalue weighted by Crippen LogP contribution is 2.01. The van der Waals surface area contributed by atoms with Crippen molar-refractivity contribution >= 4 is 18.0 Å². The maximum Gasteiger partial charge on any atom is 0.358 e. The molecule has 5 N–H and O–H groups in total. The number of carbonyl (C=O) groups excluding carboxylic acids is 1. The molecule has 6 heteroatoms. The van der Waals surface area contributed by atoms with Crippen molar-refractivity contribution in [3.8, 4) is 0 Å². The van der Waals surface area contributed by atoms with Gasteiger partial charge >= 0.3 is 5.97 Å². The van der Waals surface area contributed by atoms with Gasteiger partial charge < -0.3 is 10.6 Å². The fourth-order valence-electron chi connectivity index (χ4n) is 0.905. The van der Waals surface area contributed by atoms with E-state index in [1.54, 1.807) is 6.08 Å². The van der Waals surface area contributed by atoms with E-state index in [0.717, 1.165) is 5.56 Å². The number of hydrazine groups is 1. The van der Waals surface area contributed by atoms with Crippen molar-refractivity contribution in [1.29, 1.82) is 5.41 Å². The van der Waals surface area contributed by atoms with Crippen molar-refractivity contribution in [2.24, 2.45) is 11.6 Å². The van der Waals surface area contributed by atoms with Crippen molar-refractivity contribution in [3.63, 3.8) is 0 Å². The Hall–Kier alpha value is -2.34. The number of hydroxylamine groups is 1. The highest BCUT2D eigenvalue weighted by Gasteiger charge is 2.05. The second-order valence-corrected chi connectivity index (χ2v) is 2.87. The lowest BCUT2D eigenvalue weighted by Crippen LogP contribution is -2.43. The van der Waals surface area contributed by atoms with Gasteiger partial charge in [-0.2, -0.15) is 0 Å². The van der Waals surface area contributed by atoms with Gasteiger partial charge in [0.05, 0.1) is 0 Å². The summed E-state index contributed by atoms with van der Waals surface area (Å²) < 4.78 is 0. The molecule has 0 unspecified atom stereocenters. The first-order chi connectivity index (χ1) is 7.59. The maximum absolute atomic E-state index is 11.1. The zero-order valence-corrected chi connectivity index (χ0v) is 8.46. The number of nitrogens with zero attached hydrogens (tertiary/aromatic N) is 1. The number of nitrogens with two attached hydrogens (primary N) is 2. The minimum atomic E-state index is -0.707. The molecule has 1 aromatic carbocycles. The van der Waals surface area contributed by atoms with E-state index >= 15 is 0 Å². The van der Waals surface area contributed by atoms with E-state index in [2.05, 4.69) is 4.84 Å². The lowest BCUT2D eigenvalue weighted by Gasteiger charge is -2.12. The SMILES string of the molecule is N=C(N)N(N)OC(=O)C=Cc1ccccc1. The van der Waals surface area contributed by atoms with Crippen molar-refractivity contribution in [3.05, 3.63) is 42.0 Å². The van der Waals surface area contributed by atoms with Gasteiger partial charge in [0.25, 0.3) is 0 Å². The zero-order valence-electron chi connectivity index (χ0n) is 8.46. The standard InChI is InChI=1S/C10H12N4O2/c11-10(12)14(13)16-9(15)7-6-8-4-2-1-3-5-8/h1-7H,13H2,(H3,11,12). The average Bonchev–Trinajstić information content (AvgIpc) is 2.27.